The molecule has 42 nitrogen and oxygen atoms in total. The van der Waals surface area contributed by atoms with E-state index in [0.29, 0.717) is 39.8 Å². The number of aliphatic carboxylic acids is 1. The molecule has 0 unspecified atom stereocenters. The van der Waals surface area contributed by atoms with E-state index in [1.807, 2.05) is 13.8 Å². The van der Waals surface area contributed by atoms with Crippen LogP contribution in [0.15, 0.2) is 91.1 Å². The Morgan fingerprint density at radius 1 is 0.350 bits per heavy atom. The van der Waals surface area contributed by atoms with E-state index >= 15 is 4.79 Å². The highest BCUT2D eigenvalue weighted by Gasteiger charge is 2.39. The largest absolute Gasteiger partial charge is 0.480 e. The van der Waals surface area contributed by atoms with Crippen LogP contribution in [0.5, 0.6) is 0 Å². The van der Waals surface area contributed by atoms with Gasteiger partial charge in [-0.1, -0.05) is 168 Å². The molecule has 0 saturated heterocycles. The fourth-order valence-electron chi connectivity index (χ4n) is 14.4. The van der Waals surface area contributed by atoms with Gasteiger partial charge in [-0.05, 0) is 136 Å². The minimum atomic E-state index is -1.74. The van der Waals surface area contributed by atoms with E-state index in [4.69, 9.17) is 17.2 Å². The van der Waals surface area contributed by atoms with E-state index < -0.39 is 254 Å². The van der Waals surface area contributed by atoms with Gasteiger partial charge in [-0.3, -0.25) is 91.1 Å². The average molecular weight is 1940 g/mol. The van der Waals surface area contributed by atoms with E-state index in [-0.39, 0.29) is 87.4 Å². The van der Waals surface area contributed by atoms with Crippen LogP contribution in [-0.4, -0.2) is 251 Å². The SMILES string of the molecule is CC[C@H](C)[C@H](NC(=O)CNC(=O)[C@H](CCC(N)=O)NC(=O)[C@H](CC(C)C)NC(=O)CNC(=O)[C@H](CC(C)C)NC(=O)[C@H](CC(C)C)NC(=O)[C@H](CC(C)C)NC(=O)[C@H](Cc1c[nH]c2ccccc12)NC(=O)[C@H](C)NC(=O)[C@H](Cc1ccccc1)NC(=O)[C@H](CCSC)NC(=O)[C@H](CC(C)C)NC(=O)[C@H](C)NC(=O)CNC(=O)[C@H](C)N)C(=O)N[C@@H](Cc1ccccc1)C(=O)N[C@@H](CC(N)=O)C(=O)O. The molecular weight excluding hydrogens is 1790 g/mol. The summed E-state index contributed by atoms with van der Waals surface area (Å²) in [5.41, 5.74) is 18.7. The van der Waals surface area contributed by atoms with Gasteiger partial charge in [-0.25, -0.2) is 4.79 Å². The Morgan fingerprint density at radius 2 is 0.686 bits per heavy atom. The van der Waals surface area contributed by atoms with E-state index in [9.17, 15) is 96.2 Å². The number of thioether (sulfide) groups is 1. The van der Waals surface area contributed by atoms with Crippen LogP contribution in [0, 0.1) is 35.5 Å². The summed E-state index contributed by atoms with van der Waals surface area (Å²) in [4.78, 5) is 278. The lowest BCUT2D eigenvalue weighted by molar-refractivity contribution is -0.143. The van der Waals surface area contributed by atoms with Crippen molar-refractivity contribution in [3.05, 3.63) is 108 Å². The molecule has 16 atom stereocenters. The summed E-state index contributed by atoms with van der Waals surface area (Å²) in [6.45, 7) is 23.2. The van der Waals surface area contributed by atoms with Gasteiger partial charge >= 0.3 is 5.97 Å². The quantitative estimate of drug-likeness (QED) is 0.0251. The van der Waals surface area contributed by atoms with Gasteiger partial charge in [0.25, 0.3) is 0 Å². The second-order valence-corrected chi connectivity index (χ2v) is 37.5. The number of aromatic nitrogens is 1. The second kappa shape index (κ2) is 59.0. The lowest BCUT2D eigenvalue weighted by atomic mass is 9.97. The van der Waals surface area contributed by atoms with Gasteiger partial charge in [0.1, 0.15) is 84.6 Å². The van der Waals surface area contributed by atoms with Crippen molar-refractivity contribution < 1.29 is 101 Å². The van der Waals surface area contributed by atoms with Gasteiger partial charge in [0.05, 0.1) is 32.1 Å². The maximum absolute atomic E-state index is 15.1. The zero-order valence-corrected chi connectivity index (χ0v) is 81.9. The minimum Gasteiger partial charge on any atom is -0.480 e. The number of carboxylic acids is 1. The van der Waals surface area contributed by atoms with Crippen LogP contribution in [0.3, 0.4) is 0 Å². The average Bonchev–Trinajstić information content (AvgIpc) is 1.74. The number of amides is 19. The summed E-state index contributed by atoms with van der Waals surface area (Å²) in [5.74, 6) is -19.3. The molecule has 0 saturated carbocycles. The monoisotopic (exact) mass is 1930 g/mol. The number of carbonyl (C=O) groups excluding carboxylic acids is 19. The molecule has 3 aromatic carbocycles. The van der Waals surface area contributed by atoms with E-state index in [1.54, 1.807) is 167 Å². The number of fused-ring (bicyclic) bond motifs is 1. The predicted molar refractivity (Wildman–Crippen MR) is 513 cm³/mol. The standard InChI is InChI=1S/C94H143N21O21S/c1-17-54(12)79(93(134)113-71(42-59-28-22-19-23-29-59)91(132)114-73(94(135)136)44-75(97)117)115-78(120)48-100-83(124)63(32-33-74(96)116)105-87(128)66(37-50(4)5)104-77(119)47-101-84(125)65(36-49(2)3)109-89(130)68(39-52(8)9)110-90(131)69(40-53(10)11)111-92(133)72(43-60-45-98-62-31-25-24-30-61(60)62)108-82(123)57(15)103-86(127)70(41-58-26-20-18-21-27-58)112-85(126)64(34-35-137-16)106-88(129)67(38-51(6)7)107-81(122)56(14)102-76(118)46-99-80(121)55(13)95/h18-31,45,49-57,63-73,79,98H,17,32-44,46-48,95H2,1-16H3,(H2,96,116)(H2,97,117)(H,99,121)(H,100,124)(H,101,125)(H,102,118)(H,103,127)(H,104,119)(H,105,128)(H,106,129)(H,107,122)(H,108,123)(H,109,130)(H,110,131)(H,111,133)(H,112,126)(H,113,134)(H,114,132)(H,115,120)(H,135,136)/t54-,55-,56-,57-,63-,64-,65-,66-,67-,68-,69-,70-,71-,72-,73-,79-/m0/s1. The molecule has 137 heavy (non-hydrogen) atoms. The Balaban J connectivity index is 1.54. The van der Waals surface area contributed by atoms with Crippen LogP contribution in [0.25, 0.3) is 10.9 Å². The summed E-state index contributed by atoms with van der Waals surface area (Å²) in [5, 5.41) is 54.6. The van der Waals surface area contributed by atoms with Crippen molar-refractivity contribution in [3.63, 3.8) is 0 Å². The first-order valence-electron chi connectivity index (χ1n) is 46.2. The van der Waals surface area contributed by atoms with E-state index in [2.05, 4.69) is 95.4 Å². The highest BCUT2D eigenvalue weighted by molar-refractivity contribution is 7.98. The Bertz CT molecular complexity index is 4770. The van der Waals surface area contributed by atoms with Crippen LogP contribution in [0.4, 0.5) is 0 Å². The summed E-state index contributed by atoms with van der Waals surface area (Å²) >= 11 is 1.37. The number of rotatable bonds is 61. The molecule has 0 bridgehead atoms. The van der Waals surface area contributed by atoms with Crippen molar-refractivity contribution >= 4 is 141 Å². The summed E-state index contributed by atoms with van der Waals surface area (Å²) in [6.07, 6.45) is 1.78. The third kappa shape index (κ3) is 42.8. The molecule has 0 aliphatic rings. The molecule has 0 spiro atoms. The number of nitrogens with one attached hydrogen (secondary N) is 18. The third-order valence-corrected chi connectivity index (χ3v) is 22.5. The van der Waals surface area contributed by atoms with Crippen LogP contribution >= 0.6 is 11.8 Å². The fourth-order valence-corrected chi connectivity index (χ4v) is 14.9. The van der Waals surface area contributed by atoms with Gasteiger partial charge in [0.2, 0.25) is 112 Å². The highest BCUT2D eigenvalue weighted by Crippen LogP contribution is 2.22. The first kappa shape index (κ1) is 116. The molecule has 43 heteroatoms. The number of primary amides is 2. The molecule has 0 fully saturated rings. The normalized spacial score (nSPS) is 14.8. The van der Waals surface area contributed by atoms with Crippen LogP contribution in [0.2, 0.25) is 0 Å². The summed E-state index contributed by atoms with van der Waals surface area (Å²) in [6, 6.07) is 3.68. The zero-order valence-electron chi connectivity index (χ0n) is 81.1. The van der Waals surface area contributed by atoms with Gasteiger partial charge < -0.3 is 118 Å². The lowest BCUT2D eigenvalue weighted by Crippen LogP contribution is -2.61. The molecule has 1 heterocycles. The van der Waals surface area contributed by atoms with Crippen molar-refractivity contribution in [1.29, 1.82) is 0 Å². The summed E-state index contributed by atoms with van der Waals surface area (Å²) < 4.78 is 0. The van der Waals surface area contributed by atoms with Gasteiger partial charge in [0, 0.05) is 42.8 Å². The fraction of sp³-hybridized carbons (Fsp3) is 0.574. The number of hydrogen-bond acceptors (Lipinski definition) is 22. The molecule has 0 radical (unpaired) electrons. The molecular formula is C94H143N21O21S. The molecule has 1 aromatic heterocycles. The Labute approximate surface area is 803 Å². The predicted octanol–water partition coefficient (Wildman–Crippen LogP) is -1.03. The van der Waals surface area contributed by atoms with Crippen molar-refractivity contribution in [2.24, 2.45) is 52.7 Å². The number of aromatic amines is 1. The summed E-state index contributed by atoms with van der Waals surface area (Å²) in [7, 11) is 0. The van der Waals surface area contributed by atoms with Crippen molar-refractivity contribution in [3.8, 4) is 0 Å². The number of benzene rings is 3. The van der Waals surface area contributed by atoms with Gasteiger partial charge in [-0.15, -0.1) is 0 Å². The van der Waals surface area contributed by atoms with Crippen LogP contribution in [0.1, 0.15) is 185 Å². The van der Waals surface area contributed by atoms with Gasteiger partial charge in [0.15, 0.2) is 0 Å². The molecule has 4 aromatic rings. The van der Waals surface area contributed by atoms with E-state index in [0.717, 1.165) is 0 Å². The van der Waals surface area contributed by atoms with Crippen molar-refractivity contribution in [2.45, 2.75) is 278 Å². The van der Waals surface area contributed by atoms with Gasteiger partial charge in [-0.2, -0.15) is 11.8 Å². The highest BCUT2D eigenvalue weighted by atomic mass is 32.2. The maximum atomic E-state index is 15.1. The van der Waals surface area contributed by atoms with Crippen molar-refractivity contribution in [2.75, 3.05) is 31.6 Å². The van der Waals surface area contributed by atoms with E-state index in [1.165, 1.54) is 32.5 Å². The second-order valence-electron chi connectivity index (χ2n) is 36.5. The Morgan fingerprint density at radius 3 is 1.12 bits per heavy atom. The first-order chi connectivity index (χ1) is 64.5. The molecule has 756 valence electrons. The first-order valence-corrected chi connectivity index (χ1v) is 47.6. The molecule has 4 rings (SSSR count). The number of nitrogens with two attached hydrogens (primary N) is 3. The number of carboxylic acid groups (broad SMARTS) is 1. The Kier molecular flexibility index (Phi) is 50.1. The zero-order chi connectivity index (χ0) is 103. The maximum Gasteiger partial charge on any atom is 0.326 e. The molecule has 25 N–H and O–H groups in total. The molecule has 0 aliphatic carbocycles. The lowest BCUT2D eigenvalue weighted by Gasteiger charge is -2.29. The minimum absolute atomic E-state index is 0.000912. The number of hydrogen-bond donors (Lipinski definition) is 22. The topological polar surface area (TPSA) is 660 Å². The molecule has 19 amide bonds. The van der Waals surface area contributed by atoms with Crippen molar-refractivity contribution in [1.82, 2.24) is 95.4 Å². The number of H-pyrrole nitrogens is 1. The van der Waals surface area contributed by atoms with Crippen LogP contribution < -0.4 is 108 Å². The smallest absolute Gasteiger partial charge is 0.326 e. The Hall–Kier alpha value is -13.1. The third-order valence-electron chi connectivity index (χ3n) is 21.9. The molecule has 0 aliphatic heterocycles. The van der Waals surface area contributed by atoms with Crippen LogP contribution in [-0.2, 0) is 115 Å². The number of carbonyl (C=O) groups is 20. The number of para-hydroxylation sites is 1.